The Morgan fingerprint density at radius 1 is 1.42 bits per heavy atom. The number of benzene rings is 1. The van der Waals surface area contributed by atoms with Crippen LogP contribution < -0.4 is 5.32 Å². The van der Waals surface area contributed by atoms with Gasteiger partial charge >= 0.3 is 0 Å². The topological polar surface area (TPSA) is 29.1 Å². The Morgan fingerprint density at radius 2 is 2.21 bits per heavy atom. The van der Waals surface area contributed by atoms with Crippen molar-refractivity contribution in [1.82, 2.24) is 5.32 Å². The first-order valence-corrected chi connectivity index (χ1v) is 7.40. The molecule has 1 aromatic rings. The Labute approximate surface area is 116 Å². The lowest BCUT2D eigenvalue weighted by Crippen LogP contribution is -2.42. The number of ketones is 1. The highest BCUT2D eigenvalue weighted by Gasteiger charge is 2.37. The maximum atomic E-state index is 12.8. The number of rotatable bonds is 4. The summed E-state index contributed by atoms with van der Waals surface area (Å²) in [5.74, 6) is 0.732. The number of hydrogen-bond acceptors (Lipinski definition) is 2. The smallest absolute Gasteiger partial charge is 0.168 e. The lowest BCUT2D eigenvalue weighted by atomic mass is 9.70. The van der Waals surface area contributed by atoms with Crippen LogP contribution >= 0.6 is 0 Å². The molecule has 2 rings (SSSR count). The Hall–Kier alpha value is -1.15. The van der Waals surface area contributed by atoms with E-state index in [0.29, 0.717) is 5.92 Å². The van der Waals surface area contributed by atoms with Gasteiger partial charge in [-0.3, -0.25) is 4.79 Å². The van der Waals surface area contributed by atoms with Crippen LogP contribution in [0.3, 0.4) is 0 Å². The minimum Gasteiger partial charge on any atom is -0.316 e. The Bertz CT molecular complexity index is 444. The molecule has 1 aliphatic heterocycles. The van der Waals surface area contributed by atoms with E-state index < -0.39 is 0 Å². The van der Waals surface area contributed by atoms with Gasteiger partial charge in [-0.1, -0.05) is 39.0 Å². The van der Waals surface area contributed by atoms with E-state index in [0.717, 1.165) is 31.5 Å². The molecule has 1 fully saturated rings. The zero-order valence-electron chi connectivity index (χ0n) is 12.3. The van der Waals surface area contributed by atoms with Crippen molar-refractivity contribution in [2.75, 3.05) is 13.1 Å². The second kappa shape index (κ2) is 5.87. The third-order valence-corrected chi connectivity index (χ3v) is 4.50. The molecule has 1 heterocycles. The number of hydrogen-bond donors (Lipinski definition) is 1. The third kappa shape index (κ3) is 3.06. The zero-order chi connectivity index (χ0) is 13.9. The SMILES string of the molecule is CCc1cccc(C(=O)C(C)(C)C2CCCNC2)c1. The van der Waals surface area contributed by atoms with E-state index in [9.17, 15) is 4.79 Å². The highest BCUT2D eigenvalue weighted by atomic mass is 16.1. The van der Waals surface area contributed by atoms with Crippen molar-refractivity contribution in [1.29, 1.82) is 0 Å². The van der Waals surface area contributed by atoms with E-state index >= 15 is 0 Å². The molecule has 1 aliphatic rings. The maximum Gasteiger partial charge on any atom is 0.168 e. The summed E-state index contributed by atoms with van der Waals surface area (Å²) in [5.41, 5.74) is 1.83. The summed E-state index contributed by atoms with van der Waals surface area (Å²) >= 11 is 0. The van der Waals surface area contributed by atoms with Crippen molar-refractivity contribution in [2.45, 2.75) is 40.0 Å². The minimum absolute atomic E-state index is 0.278. The standard InChI is InChI=1S/C17H25NO/c1-4-13-7-5-8-14(11-13)16(19)17(2,3)15-9-6-10-18-12-15/h5,7-8,11,15,18H,4,6,9-10,12H2,1-3H3. The molecule has 1 aromatic carbocycles. The third-order valence-electron chi connectivity index (χ3n) is 4.50. The molecule has 1 N–H and O–H groups in total. The maximum absolute atomic E-state index is 12.8. The van der Waals surface area contributed by atoms with Gasteiger partial charge in [-0.2, -0.15) is 0 Å². The Balaban J connectivity index is 2.20. The van der Waals surface area contributed by atoms with Gasteiger partial charge in [0.05, 0.1) is 0 Å². The van der Waals surface area contributed by atoms with Crippen LogP contribution in [0.4, 0.5) is 0 Å². The van der Waals surface area contributed by atoms with Crippen LogP contribution in [0.2, 0.25) is 0 Å². The number of piperidine rings is 1. The van der Waals surface area contributed by atoms with E-state index in [4.69, 9.17) is 0 Å². The van der Waals surface area contributed by atoms with E-state index in [1.807, 2.05) is 12.1 Å². The second-order valence-corrected chi connectivity index (χ2v) is 6.15. The van der Waals surface area contributed by atoms with E-state index in [1.165, 1.54) is 12.0 Å². The van der Waals surface area contributed by atoms with Crippen molar-refractivity contribution in [3.8, 4) is 0 Å². The molecule has 0 aliphatic carbocycles. The normalized spacial score (nSPS) is 20.3. The number of aryl methyl sites for hydroxylation is 1. The van der Waals surface area contributed by atoms with E-state index in [1.54, 1.807) is 0 Å². The highest BCUT2D eigenvalue weighted by Crippen LogP contribution is 2.35. The Morgan fingerprint density at radius 3 is 2.84 bits per heavy atom. The fourth-order valence-electron chi connectivity index (χ4n) is 2.96. The summed E-state index contributed by atoms with van der Waals surface area (Å²) in [6.45, 7) is 8.38. The molecular formula is C17H25NO. The van der Waals surface area contributed by atoms with Crippen molar-refractivity contribution in [3.63, 3.8) is 0 Å². The molecule has 0 aromatic heterocycles. The van der Waals surface area contributed by atoms with Crippen molar-refractivity contribution >= 4 is 5.78 Å². The van der Waals surface area contributed by atoms with Crippen molar-refractivity contribution in [2.24, 2.45) is 11.3 Å². The fourth-order valence-corrected chi connectivity index (χ4v) is 2.96. The second-order valence-electron chi connectivity index (χ2n) is 6.15. The van der Waals surface area contributed by atoms with Crippen LogP contribution in [-0.2, 0) is 6.42 Å². The first kappa shape index (κ1) is 14.3. The van der Waals surface area contributed by atoms with Gasteiger partial charge in [0.25, 0.3) is 0 Å². The summed E-state index contributed by atoms with van der Waals surface area (Å²) in [6, 6.07) is 8.10. The van der Waals surface area contributed by atoms with Crippen molar-refractivity contribution < 1.29 is 4.79 Å². The quantitative estimate of drug-likeness (QED) is 0.839. The first-order valence-electron chi connectivity index (χ1n) is 7.40. The lowest BCUT2D eigenvalue weighted by Gasteiger charge is -2.36. The van der Waals surface area contributed by atoms with Crippen LogP contribution in [0.5, 0.6) is 0 Å². The largest absolute Gasteiger partial charge is 0.316 e. The van der Waals surface area contributed by atoms with Crippen molar-refractivity contribution in [3.05, 3.63) is 35.4 Å². The van der Waals surface area contributed by atoms with Crippen LogP contribution in [0, 0.1) is 11.3 Å². The zero-order valence-corrected chi connectivity index (χ0v) is 12.3. The Kier molecular flexibility index (Phi) is 4.41. The van der Waals surface area contributed by atoms with Gasteiger partial charge < -0.3 is 5.32 Å². The molecule has 2 nitrogen and oxygen atoms in total. The highest BCUT2D eigenvalue weighted by molar-refractivity contribution is 6.00. The number of nitrogens with one attached hydrogen (secondary N) is 1. The molecule has 1 saturated heterocycles. The lowest BCUT2D eigenvalue weighted by molar-refractivity contribution is 0.0708. The number of carbonyl (C=O) groups excluding carboxylic acids is 1. The average molecular weight is 259 g/mol. The van der Waals surface area contributed by atoms with Crippen LogP contribution in [0.1, 0.15) is 49.5 Å². The van der Waals surface area contributed by atoms with Crippen LogP contribution in [-0.4, -0.2) is 18.9 Å². The number of carbonyl (C=O) groups is 1. The van der Waals surface area contributed by atoms with Gasteiger partial charge in [0, 0.05) is 11.0 Å². The predicted molar refractivity (Wildman–Crippen MR) is 79.5 cm³/mol. The van der Waals surface area contributed by atoms with Gasteiger partial charge in [-0.25, -0.2) is 0 Å². The summed E-state index contributed by atoms with van der Waals surface area (Å²) in [5, 5.41) is 3.42. The van der Waals surface area contributed by atoms with Gasteiger partial charge in [0.15, 0.2) is 5.78 Å². The molecule has 0 saturated carbocycles. The summed E-state index contributed by atoms with van der Waals surface area (Å²) in [4.78, 5) is 12.8. The molecule has 1 unspecified atom stereocenters. The summed E-state index contributed by atoms with van der Waals surface area (Å²) in [6.07, 6.45) is 3.31. The fraction of sp³-hybridized carbons (Fsp3) is 0.588. The summed E-state index contributed by atoms with van der Waals surface area (Å²) < 4.78 is 0. The van der Waals surface area contributed by atoms with Gasteiger partial charge in [-0.05, 0) is 49.9 Å². The van der Waals surface area contributed by atoms with Crippen LogP contribution in [0.15, 0.2) is 24.3 Å². The molecule has 0 radical (unpaired) electrons. The number of Topliss-reactive ketones (excluding diaryl/α,β-unsaturated/α-hetero) is 1. The molecule has 0 bridgehead atoms. The predicted octanol–water partition coefficient (Wildman–Crippen LogP) is 3.46. The molecular weight excluding hydrogens is 234 g/mol. The van der Waals surface area contributed by atoms with Gasteiger partial charge in [0.1, 0.15) is 0 Å². The molecule has 0 amide bonds. The molecule has 104 valence electrons. The summed E-state index contributed by atoms with van der Waals surface area (Å²) in [7, 11) is 0. The van der Waals surface area contributed by atoms with E-state index in [2.05, 4.69) is 38.2 Å². The molecule has 1 atom stereocenters. The molecule has 19 heavy (non-hydrogen) atoms. The van der Waals surface area contributed by atoms with Crippen LogP contribution in [0.25, 0.3) is 0 Å². The monoisotopic (exact) mass is 259 g/mol. The molecule has 0 spiro atoms. The molecule has 2 heteroatoms. The van der Waals surface area contributed by atoms with Gasteiger partial charge in [0.2, 0.25) is 0 Å². The van der Waals surface area contributed by atoms with Gasteiger partial charge in [-0.15, -0.1) is 0 Å². The average Bonchev–Trinajstić information content (AvgIpc) is 2.47. The first-order chi connectivity index (χ1) is 9.05. The minimum atomic E-state index is -0.278. The van der Waals surface area contributed by atoms with E-state index in [-0.39, 0.29) is 11.2 Å².